The highest BCUT2D eigenvalue weighted by molar-refractivity contribution is 5.97. The van der Waals surface area contributed by atoms with Crippen LogP contribution in [0.3, 0.4) is 0 Å². The number of nitrogens with zero attached hydrogens (tertiary/aromatic N) is 1. The minimum absolute atomic E-state index is 0.0187. The Morgan fingerprint density at radius 3 is 2.71 bits per heavy atom. The lowest BCUT2D eigenvalue weighted by molar-refractivity contribution is 0.0931. The molecule has 0 bridgehead atoms. The fourth-order valence-corrected chi connectivity index (χ4v) is 1.73. The molecule has 0 heterocycles. The average molecular weight is 236 g/mol. The molecule has 1 amide bonds. The molecule has 1 unspecified atom stereocenters. The highest BCUT2D eigenvalue weighted by Gasteiger charge is 2.14. The number of aromatic hydroxyl groups is 1. The van der Waals surface area contributed by atoms with Crippen LogP contribution in [0, 0.1) is 6.92 Å². The molecule has 4 nitrogen and oxygen atoms in total. The number of benzene rings is 1. The van der Waals surface area contributed by atoms with E-state index in [0.29, 0.717) is 5.56 Å². The van der Waals surface area contributed by atoms with E-state index in [-0.39, 0.29) is 17.7 Å². The van der Waals surface area contributed by atoms with Gasteiger partial charge >= 0.3 is 0 Å². The van der Waals surface area contributed by atoms with Crippen LogP contribution in [0.5, 0.6) is 5.75 Å². The first-order chi connectivity index (χ1) is 7.90. The summed E-state index contributed by atoms with van der Waals surface area (Å²) in [6.07, 6.45) is 0. The SMILES string of the molecule is Cc1ccc(O)c(C(=O)NC(C)CN(C)C)c1. The summed E-state index contributed by atoms with van der Waals surface area (Å²) in [6, 6.07) is 5.04. The fourth-order valence-electron chi connectivity index (χ4n) is 1.73. The molecule has 4 heteroatoms. The molecule has 1 aromatic rings. The lowest BCUT2D eigenvalue weighted by atomic mass is 10.1. The van der Waals surface area contributed by atoms with Gasteiger partial charge in [0.1, 0.15) is 5.75 Å². The van der Waals surface area contributed by atoms with Crippen molar-refractivity contribution in [3.8, 4) is 5.75 Å². The van der Waals surface area contributed by atoms with Gasteiger partial charge in [-0.15, -0.1) is 0 Å². The van der Waals surface area contributed by atoms with E-state index < -0.39 is 0 Å². The largest absolute Gasteiger partial charge is 0.507 e. The zero-order valence-corrected chi connectivity index (χ0v) is 10.8. The van der Waals surface area contributed by atoms with Crippen LogP contribution in [0.25, 0.3) is 0 Å². The van der Waals surface area contributed by atoms with E-state index in [4.69, 9.17) is 0 Å². The number of nitrogens with one attached hydrogen (secondary N) is 1. The molecule has 0 fully saturated rings. The Balaban J connectivity index is 2.73. The van der Waals surface area contributed by atoms with Crippen LogP contribution in [-0.2, 0) is 0 Å². The summed E-state index contributed by atoms with van der Waals surface area (Å²) in [6.45, 7) is 4.59. The van der Waals surface area contributed by atoms with Crippen molar-refractivity contribution < 1.29 is 9.90 Å². The van der Waals surface area contributed by atoms with Crippen molar-refractivity contribution in [1.82, 2.24) is 10.2 Å². The molecule has 1 aromatic carbocycles. The quantitative estimate of drug-likeness (QED) is 0.830. The third-order valence-corrected chi connectivity index (χ3v) is 2.41. The number of amides is 1. The average Bonchev–Trinajstić information content (AvgIpc) is 2.20. The van der Waals surface area contributed by atoms with E-state index in [1.165, 1.54) is 0 Å². The van der Waals surface area contributed by atoms with Crippen LogP contribution >= 0.6 is 0 Å². The van der Waals surface area contributed by atoms with Crippen LogP contribution in [0.1, 0.15) is 22.8 Å². The molecular weight excluding hydrogens is 216 g/mol. The van der Waals surface area contributed by atoms with Crippen molar-refractivity contribution in [2.45, 2.75) is 19.9 Å². The van der Waals surface area contributed by atoms with Crippen molar-refractivity contribution in [1.29, 1.82) is 0 Å². The van der Waals surface area contributed by atoms with Gasteiger partial charge in [0.15, 0.2) is 0 Å². The molecule has 0 saturated carbocycles. The van der Waals surface area contributed by atoms with Crippen molar-refractivity contribution in [3.05, 3.63) is 29.3 Å². The molecular formula is C13H20N2O2. The second kappa shape index (κ2) is 5.68. The van der Waals surface area contributed by atoms with Gasteiger partial charge in [-0.3, -0.25) is 4.79 Å². The Kier molecular flexibility index (Phi) is 4.52. The lowest BCUT2D eigenvalue weighted by Crippen LogP contribution is -2.39. The number of carbonyl (C=O) groups is 1. The number of rotatable bonds is 4. The molecule has 17 heavy (non-hydrogen) atoms. The zero-order valence-electron chi connectivity index (χ0n) is 10.8. The standard InChI is InChI=1S/C13H20N2O2/c1-9-5-6-12(16)11(7-9)13(17)14-10(2)8-15(3)4/h5-7,10,16H,8H2,1-4H3,(H,14,17). The van der Waals surface area contributed by atoms with Gasteiger partial charge in [-0.05, 0) is 40.1 Å². The molecule has 0 aliphatic heterocycles. The number of hydrogen-bond acceptors (Lipinski definition) is 3. The predicted octanol–water partition coefficient (Wildman–Crippen LogP) is 1.38. The van der Waals surface area contributed by atoms with Gasteiger partial charge in [-0.25, -0.2) is 0 Å². The van der Waals surface area contributed by atoms with Gasteiger partial charge < -0.3 is 15.3 Å². The Bertz CT molecular complexity index is 402. The summed E-state index contributed by atoms with van der Waals surface area (Å²) in [5.41, 5.74) is 1.28. The molecule has 94 valence electrons. The highest BCUT2D eigenvalue weighted by Crippen LogP contribution is 2.17. The summed E-state index contributed by atoms with van der Waals surface area (Å²) in [5, 5.41) is 12.5. The third kappa shape index (κ3) is 4.07. The van der Waals surface area contributed by atoms with Crippen LogP contribution in [0.2, 0.25) is 0 Å². The zero-order chi connectivity index (χ0) is 13.0. The summed E-state index contributed by atoms with van der Waals surface area (Å²) in [7, 11) is 3.90. The van der Waals surface area contributed by atoms with Crippen LogP contribution < -0.4 is 5.32 Å². The molecule has 1 atom stereocenters. The molecule has 0 aliphatic rings. The minimum atomic E-state index is -0.236. The van der Waals surface area contributed by atoms with Gasteiger partial charge in [0.2, 0.25) is 0 Å². The van der Waals surface area contributed by atoms with Gasteiger partial charge in [0.25, 0.3) is 5.91 Å². The molecule has 0 spiro atoms. The van der Waals surface area contributed by atoms with E-state index in [1.807, 2.05) is 32.8 Å². The molecule has 0 saturated heterocycles. The first kappa shape index (κ1) is 13.5. The van der Waals surface area contributed by atoms with Gasteiger partial charge in [-0.2, -0.15) is 0 Å². The maximum atomic E-state index is 11.9. The van der Waals surface area contributed by atoms with E-state index in [2.05, 4.69) is 5.32 Å². The smallest absolute Gasteiger partial charge is 0.255 e. The van der Waals surface area contributed by atoms with Crippen molar-refractivity contribution >= 4 is 5.91 Å². The first-order valence-corrected chi connectivity index (χ1v) is 5.65. The number of phenols is 1. The fraction of sp³-hybridized carbons (Fsp3) is 0.462. The number of hydrogen-bond donors (Lipinski definition) is 2. The maximum Gasteiger partial charge on any atom is 0.255 e. The lowest BCUT2D eigenvalue weighted by Gasteiger charge is -2.18. The van der Waals surface area contributed by atoms with E-state index in [1.54, 1.807) is 18.2 Å². The normalized spacial score (nSPS) is 12.5. The van der Waals surface area contributed by atoms with Gasteiger partial charge in [0.05, 0.1) is 5.56 Å². The predicted molar refractivity (Wildman–Crippen MR) is 68.3 cm³/mol. The molecule has 1 rings (SSSR count). The number of aryl methyl sites for hydroxylation is 1. The molecule has 2 N–H and O–H groups in total. The molecule has 0 aliphatic carbocycles. The molecule has 0 aromatic heterocycles. The van der Waals surface area contributed by atoms with Crippen LogP contribution in [0.4, 0.5) is 0 Å². The second-order valence-corrected chi connectivity index (χ2v) is 4.66. The van der Waals surface area contributed by atoms with Crippen molar-refractivity contribution in [2.75, 3.05) is 20.6 Å². The Morgan fingerprint density at radius 1 is 1.47 bits per heavy atom. The van der Waals surface area contributed by atoms with Crippen molar-refractivity contribution in [3.63, 3.8) is 0 Å². The Labute approximate surface area is 102 Å². The summed E-state index contributed by atoms with van der Waals surface area (Å²) >= 11 is 0. The maximum absolute atomic E-state index is 11.9. The Morgan fingerprint density at radius 2 is 2.12 bits per heavy atom. The van der Waals surface area contributed by atoms with Gasteiger partial charge in [0, 0.05) is 12.6 Å². The number of phenolic OH excluding ortho intramolecular Hbond substituents is 1. The Hall–Kier alpha value is -1.55. The van der Waals surface area contributed by atoms with E-state index >= 15 is 0 Å². The minimum Gasteiger partial charge on any atom is -0.507 e. The van der Waals surface area contributed by atoms with Gasteiger partial charge in [-0.1, -0.05) is 11.6 Å². The topological polar surface area (TPSA) is 52.6 Å². The molecule has 0 radical (unpaired) electrons. The number of carbonyl (C=O) groups excluding carboxylic acids is 1. The van der Waals surface area contributed by atoms with Crippen molar-refractivity contribution in [2.24, 2.45) is 0 Å². The summed E-state index contributed by atoms with van der Waals surface area (Å²) < 4.78 is 0. The van der Waals surface area contributed by atoms with E-state index in [0.717, 1.165) is 12.1 Å². The van der Waals surface area contributed by atoms with Crippen LogP contribution in [0.15, 0.2) is 18.2 Å². The van der Waals surface area contributed by atoms with Crippen LogP contribution in [-0.4, -0.2) is 42.6 Å². The summed E-state index contributed by atoms with van der Waals surface area (Å²) in [4.78, 5) is 13.9. The second-order valence-electron chi connectivity index (χ2n) is 4.66. The van der Waals surface area contributed by atoms with E-state index in [9.17, 15) is 9.90 Å². The number of likely N-dealkylation sites (N-methyl/N-ethyl adjacent to an activating group) is 1. The summed E-state index contributed by atoms with van der Waals surface area (Å²) in [5.74, 6) is -0.217. The monoisotopic (exact) mass is 236 g/mol. The first-order valence-electron chi connectivity index (χ1n) is 5.65. The third-order valence-electron chi connectivity index (χ3n) is 2.41. The highest BCUT2D eigenvalue weighted by atomic mass is 16.3.